The first-order valence-electron chi connectivity index (χ1n) is 22.6. The Kier molecular flexibility index (Phi) is 13.9. The van der Waals surface area contributed by atoms with Crippen LogP contribution in [0, 0.1) is 17.3 Å². The Hall–Kier alpha value is -5.03. The molecular formula is C51H60N2O11S2. The van der Waals surface area contributed by atoms with Gasteiger partial charge in [-0.1, -0.05) is 76.2 Å². The largest absolute Gasteiger partial charge is 0.497 e. The number of carbonyl (C=O) groups excluding carboxylic acids is 1. The summed E-state index contributed by atoms with van der Waals surface area (Å²) in [6.45, 7) is 10.7. The van der Waals surface area contributed by atoms with E-state index in [1.165, 1.54) is 23.5 Å². The first-order chi connectivity index (χ1) is 31.4. The van der Waals surface area contributed by atoms with Gasteiger partial charge in [0.25, 0.3) is 0 Å². The number of sulfonamides is 1. The van der Waals surface area contributed by atoms with Crippen molar-refractivity contribution in [3.05, 3.63) is 112 Å². The van der Waals surface area contributed by atoms with Crippen LogP contribution in [0.1, 0.15) is 79.4 Å². The van der Waals surface area contributed by atoms with Crippen molar-refractivity contribution in [3.63, 3.8) is 0 Å². The van der Waals surface area contributed by atoms with Gasteiger partial charge in [-0.15, -0.1) is 11.3 Å². The van der Waals surface area contributed by atoms with Gasteiger partial charge in [-0.25, -0.2) is 18.0 Å². The molecule has 0 saturated carbocycles. The number of aromatic carboxylic acids is 1. The molecule has 2 fully saturated rings. The minimum Gasteiger partial charge on any atom is -0.497 e. The van der Waals surface area contributed by atoms with E-state index in [9.17, 15) is 28.2 Å². The zero-order valence-electron chi connectivity index (χ0n) is 38.4. The van der Waals surface area contributed by atoms with Crippen LogP contribution in [0.25, 0.3) is 21.2 Å². The summed E-state index contributed by atoms with van der Waals surface area (Å²) in [6, 6.07) is 24.5. The summed E-state index contributed by atoms with van der Waals surface area (Å²) in [4.78, 5) is 28.6. The molecule has 5 aromatic rings. The van der Waals surface area contributed by atoms with Gasteiger partial charge in [-0.3, -0.25) is 0 Å². The van der Waals surface area contributed by atoms with Crippen molar-refractivity contribution < 1.29 is 51.9 Å². The van der Waals surface area contributed by atoms with Gasteiger partial charge in [0.05, 0.1) is 53.7 Å². The number of hydrogen-bond acceptors (Lipinski definition) is 11. The van der Waals surface area contributed by atoms with E-state index in [0.717, 1.165) is 55.6 Å². The quantitative estimate of drug-likeness (QED) is 0.0814. The lowest BCUT2D eigenvalue weighted by Crippen LogP contribution is -2.51. The first kappa shape index (κ1) is 47.5. The van der Waals surface area contributed by atoms with Crippen molar-refractivity contribution in [1.82, 2.24) is 9.62 Å². The number of benzene rings is 4. The predicted molar refractivity (Wildman–Crippen MR) is 253 cm³/mol. The molecule has 1 aromatic heterocycles. The fraction of sp³-hybridized carbons (Fsp3) is 0.451. The molecule has 15 heteroatoms. The first-order valence-corrected chi connectivity index (χ1v) is 24.9. The lowest BCUT2D eigenvalue weighted by Gasteiger charge is -2.31. The van der Waals surface area contributed by atoms with E-state index in [4.69, 9.17) is 23.7 Å². The Balaban J connectivity index is 1.03. The smallest absolute Gasteiger partial charge is 0.407 e. The Morgan fingerprint density at radius 2 is 1.68 bits per heavy atom. The van der Waals surface area contributed by atoms with E-state index < -0.39 is 46.1 Å². The molecule has 8 rings (SSSR count). The number of carbonyl (C=O) groups is 2. The number of fused-ring (bicyclic) bond motifs is 3. The summed E-state index contributed by atoms with van der Waals surface area (Å²) in [5, 5.41) is 27.4. The number of alkyl carbamates (subject to hydrolysis) is 1. The highest BCUT2D eigenvalue weighted by atomic mass is 32.2. The number of methoxy groups -OCH3 is 1. The summed E-state index contributed by atoms with van der Waals surface area (Å²) in [5.41, 5.74) is 3.79. The van der Waals surface area contributed by atoms with Crippen LogP contribution in [0.5, 0.6) is 11.5 Å². The summed E-state index contributed by atoms with van der Waals surface area (Å²) in [5.74, 6) is -0.916. The minimum absolute atomic E-state index is 0.00896. The maximum Gasteiger partial charge on any atom is 0.407 e. The minimum atomic E-state index is -4.07. The van der Waals surface area contributed by atoms with Gasteiger partial charge >= 0.3 is 12.1 Å². The summed E-state index contributed by atoms with van der Waals surface area (Å²) < 4.78 is 58.6. The topological polar surface area (TPSA) is 170 Å². The monoisotopic (exact) mass is 940 g/mol. The third-order valence-corrected chi connectivity index (χ3v) is 16.3. The number of carboxylic acid groups (broad SMARTS) is 1. The second kappa shape index (κ2) is 19.3. The van der Waals surface area contributed by atoms with E-state index >= 15 is 0 Å². The molecule has 352 valence electrons. The molecule has 1 unspecified atom stereocenters. The van der Waals surface area contributed by atoms with E-state index in [2.05, 4.69) is 19.2 Å². The van der Waals surface area contributed by atoms with E-state index in [1.807, 2.05) is 81.4 Å². The third-order valence-electron chi connectivity index (χ3n) is 13.2. The highest BCUT2D eigenvalue weighted by Crippen LogP contribution is 2.48. The van der Waals surface area contributed by atoms with Gasteiger partial charge in [0.1, 0.15) is 24.2 Å². The van der Waals surface area contributed by atoms with Crippen molar-refractivity contribution in [2.45, 2.75) is 102 Å². The Morgan fingerprint density at radius 1 is 0.955 bits per heavy atom. The molecule has 4 aromatic carbocycles. The van der Waals surface area contributed by atoms with Gasteiger partial charge in [0.15, 0.2) is 5.79 Å². The second-order valence-electron chi connectivity index (χ2n) is 19.0. The number of rotatable bonds is 17. The number of aryl methyl sites for hydroxylation is 1. The molecule has 3 aliphatic rings. The number of aliphatic hydroxyl groups is 1. The number of nitrogens with one attached hydrogen (secondary N) is 1. The average Bonchev–Trinajstić information content (AvgIpc) is 3.95. The van der Waals surface area contributed by atoms with Crippen LogP contribution in [0.4, 0.5) is 4.79 Å². The Labute approximate surface area is 391 Å². The van der Waals surface area contributed by atoms with E-state index in [1.54, 1.807) is 23.5 Å². The SMILES string of the molecule is COc1ccc(S(=O)(=O)N(CC(C)C)C[C@@H](O)[C@H](Cc2ccc(OCc3ccc4ccccc4c3-c3sc4c(c3C(=O)O)CC(C)(C)CC4)cc2)NC(=O)OC2CO[C@@]3(C)OCC[C@@H]23)cc1. The van der Waals surface area contributed by atoms with Crippen molar-refractivity contribution >= 4 is 44.2 Å². The van der Waals surface area contributed by atoms with Crippen LogP contribution in [0.15, 0.2) is 89.8 Å². The number of ether oxygens (including phenoxy) is 5. The molecular weight excluding hydrogens is 881 g/mol. The van der Waals surface area contributed by atoms with Crippen molar-refractivity contribution in [3.8, 4) is 21.9 Å². The fourth-order valence-corrected chi connectivity index (χ4v) is 12.6. The molecule has 5 atom stereocenters. The van der Waals surface area contributed by atoms with Crippen LogP contribution in [0.2, 0.25) is 0 Å². The van der Waals surface area contributed by atoms with Crippen LogP contribution in [-0.2, 0) is 50.1 Å². The molecule has 3 N–H and O–H groups in total. The predicted octanol–water partition coefficient (Wildman–Crippen LogP) is 8.87. The number of thiophene rings is 1. The highest BCUT2D eigenvalue weighted by molar-refractivity contribution is 7.89. The summed E-state index contributed by atoms with van der Waals surface area (Å²) in [7, 11) is -2.57. The molecule has 0 bridgehead atoms. The molecule has 0 spiro atoms. The molecule has 3 heterocycles. The highest BCUT2D eigenvalue weighted by Gasteiger charge is 2.53. The van der Waals surface area contributed by atoms with Crippen molar-refractivity contribution in [2.24, 2.45) is 17.3 Å². The lowest BCUT2D eigenvalue weighted by molar-refractivity contribution is -0.181. The third kappa shape index (κ3) is 10.1. The number of nitrogens with zero attached hydrogens (tertiary/aromatic N) is 1. The van der Waals surface area contributed by atoms with Gasteiger partial charge < -0.3 is 39.2 Å². The Bertz CT molecular complexity index is 2660. The lowest BCUT2D eigenvalue weighted by atomic mass is 9.75. The number of amides is 1. The summed E-state index contributed by atoms with van der Waals surface area (Å²) in [6.07, 6.45) is 0.678. The van der Waals surface area contributed by atoms with Crippen LogP contribution < -0.4 is 14.8 Å². The molecule has 0 radical (unpaired) electrons. The summed E-state index contributed by atoms with van der Waals surface area (Å²) >= 11 is 1.58. The average molecular weight is 941 g/mol. The fourth-order valence-electron chi connectivity index (χ4n) is 9.59. The van der Waals surface area contributed by atoms with Crippen LogP contribution >= 0.6 is 11.3 Å². The molecule has 2 aliphatic heterocycles. The number of aliphatic hydroxyl groups excluding tert-OH is 1. The molecule has 66 heavy (non-hydrogen) atoms. The zero-order chi connectivity index (χ0) is 47.0. The maximum atomic E-state index is 14.1. The van der Waals surface area contributed by atoms with Crippen LogP contribution in [0.3, 0.4) is 0 Å². The second-order valence-corrected chi connectivity index (χ2v) is 22.1. The van der Waals surface area contributed by atoms with Gasteiger partial charge in [-0.2, -0.15) is 4.31 Å². The normalized spacial score (nSPS) is 21.0. The van der Waals surface area contributed by atoms with Crippen molar-refractivity contribution in [1.29, 1.82) is 0 Å². The molecule has 1 amide bonds. The number of carboxylic acids is 1. The number of hydrogen-bond donors (Lipinski definition) is 3. The van der Waals surface area contributed by atoms with Crippen molar-refractivity contribution in [2.75, 3.05) is 33.4 Å². The van der Waals surface area contributed by atoms with Crippen LogP contribution in [-0.4, -0.2) is 92.4 Å². The van der Waals surface area contributed by atoms with Gasteiger partial charge in [0.2, 0.25) is 10.0 Å². The maximum absolute atomic E-state index is 14.1. The molecule has 1 aliphatic carbocycles. The zero-order valence-corrected chi connectivity index (χ0v) is 40.0. The molecule has 2 saturated heterocycles. The van der Waals surface area contributed by atoms with Gasteiger partial charge in [0, 0.05) is 23.5 Å². The van der Waals surface area contributed by atoms with E-state index in [0.29, 0.717) is 36.5 Å². The van der Waals surface area contributed by atoms with E-state index in [-0.39, 0.29) is 54.9 Å². The molecule has 13 nitrogen and oxygen atoms in total. The standard InChI is InChI=1S/C51H60N2O11S2/c1-31(2)27-53(66(58,59)37-19-17-35(60-6)18-20-37)28-42(54)41(52-49(57)64-43-30-63-51(5)40(43)22-24-62-51)25-32-11-15-36(16-12-32)61-29-34-14-13-33-9-7-8-10-38(33)45(34)47-46(48(55)56)39-26-50(3,4)23-21-44(39)65-47/h7-20,31,40-43,54H,21-30H2,1-6H3,(H,52,57)(H,55,56)/t40-,41-,42+,43?,51+/m0/s1. The van der Waals surface area contributed by atoms with Gasteiger partial charge in [-0.05, 0) is 114 Å². The Morgan fingerprint density at radius 3 is 2.39 bits per heavy atom.